The number of amides is 1. The van der Waals surface area contributed by atoms with Gasteiger partial charge in [-0.3, -0.25) is 10.2 Å². The van der Waals surface area contributed by atoms with E-state index in [1.165, 1.54) is 6.92 Å². The number of amidine groups is 1. The summed E-state index contributed by atoms with van der Waals surface area (Å²) in [5, 5.41) is 9.71. The van der Waals surface area contributed by atoms with Crippen LogP contribution < -0.4 is 15.8 Å². The topological polar surface area (TPSA) is 97.4 Å². The summed E-state index contributed by atoms with van der Waals surface area (Å²) in [5.41, 5.74) is 1.89. The summed E-state index contributed by atoms with van der Waals surface area (Å²) in [7, 11) is 1.02. The van der Waals surface area contributed by atoms with E-state index in [1.807, 2.05) is 0 Å². The number of ether oxygens (including phenoxy) is 2. The van der Waals surface area contributed by atoms with Gasteiger partial charge in [-0.1, -0.05) is 13.0 Å². The predicted octanol–water partition coefficient (Wildman–Crippen LogP) is 4.47. The molecule has 6 nitrogen and oxygen atoms in total. The van der Waals surface area contributed by atoms with E-state index >= 15 is 0 Å². The minimum absolute atomic E-state index is 0.0653. The maximum atomic E-state index is 14.4. The standard InChI is InChI=1S/C22H21F6N3O3/c1-9-15(11-5-7-14(24)16(25)17(11)33-3)18(34-21(9,2)22(26,27)28)20(32)31-10-4-6-13(23)12(8-10)19(29)30/h4-9,15,18H,1-3H3,(H3,29,30)(H,31,32)/t9-,15-,18+,21+/m0/s1. The molecular weight excluding hydrogens is 468 g/mol. The number of anilines is 1. The van der Waals surface area contributed by atoms with E-state index in [0.29, 0.717) is 0 Å². The smallest absolute Gasteiger partial charge is 0.417 e. The van der Waals surface area contributed by atoms with Gasteiger partial charge < -0.3 is 20.5 Å². The maximum Gasteiger partial charge on any atom is 0.417 e. The van der Waals surface area contributed by atoms with Crippen molar-refractivity contribution < 1.29 is 40.6 Å². The molecule has 12 heteroatoms. The number of halogens is 6. The van der Waals surface area contributed by atoms with Crippen molar-refractivity contribution in [3.8, 4) is 5.75 Å². The Kier molecular flexibility index (Phi) is 6.57. The number of alkyl halides is 3. The summed E-state index contributed by atoms with van der Waals surface area (Å²) in [6.45, 7) is 1.94. The molecule has 1 heterocycles. The number of nitrogens with two attached hydrogens (primary N) is 1. The van der Waals surface area contributed by atoms with Gasteiger partial charge in [0, 0.05) is 23.1 Å². The zero-order valence-corrected chi connectivity index (χ0v) is 18.2. The molecule has 2 aromatic rings. The third-order valence-electron chi connectivity index (χ3n) is 6.09. The molecule has 1 fully saturated rings. The van der Waals surface area contributed by atoms with Gasteiger partial charge in [-0.05, 0) is 31.2 Å². The van der Waals surface area contributed by atoms with E-state index in [9.17, 15) is 31.1 Å². The van der Waals surface area contributed by atoms with Crippen molar-refractivity contribution in [1.82, 2.24) is 0 Å². The fraction of sp³-hybridized carbons (Fsp3) is 0.364. The Bertz CT molecular complexity index is 1140. The molecule has 0 saturated carbocycles. The first-order valence-electron chi connectivity index (χ1n) is 9.94. The fourth-order valence-electron chi connectivity index (χ4n) is 4.06. The Hall–Kier alpha value is -3.28. The average molecular weight is 489 g/mol. The van der Waals surface area contributed by atoms with Gasteiger partial charge in [0.05, 0.1) is 12.7 Å². The summed E-state index contributed by atoms with van der Waals surface area (Å²) in [4.78, 5) is 13.1. The van der Waals surface area contributed by atoms with Crippen molar-refractivity contribution in [1.29, 1.82) is 5.41 Å². The minimum Gasteiger partial charge on any atom is -0.493 e. The van der Waals surface area contributed by atoms with Crippen LogP contribution in [-0.4, -0.2) is 36.7 Å². The van der Waals surface area contributed by atoms with Crippen LogP contribution >= 0.6 is 0 Å². The lowest BCUT2D eigenvalue weighted by atomic mass is 9.77. The summed E-state index contributed by atoms with van der Waals surface area (Å²) in [5.74, 6) is -8.71. The van der Waals surface area contributed by atoms with E-state index in [1.54, 1.807) is 0 Å². The molecule has 4 N–H and O–H groups in total. The summed E-state index contributed by atoms with van der Waals surface area (Å²) in [6.07, 6.45) is -6.73. The van der Waals surface area contributed by atoms with Crippen LogP contribution in [0.4, 0.5) is 32.0 Å². The van der Waals surface area contributed by atoms with Crippen LogP contribution in [0.3, 0.4) is 0 Å². The van der Waals surface area contributed by atoms with E-state index in [0.717, 1.165) is 44.4 Å². The molecule has 0 unspecified atom stereocenters. The van der Waals surface area contributed by atoms with Crippen LogP contribution in [0, 0.1) is 28.8 Å². The highest BCUT2D eigenvalue weighted by Crippen LogP contribution is 2.55. The molecule has 1 saturated heterocycles. The molecule has 0 aromatic heterocycles. The number of hydrogen-bond acceptors (Lipinski definition) is 4. The number of benzene rings is 2. The maximum absolute atomic E-state index is 14.4. The van der Waals surface area contributed by atoms with Crippen molar-refractivity contribution in [3.05, 3.63) is 58.9 Å². The summed E-state index contributed by atoms with van der Waals surface area (Å²) in [6, 6.07) is 4.82. The Labute approximate surface area is 190 Å². The lowest BCUT2D eigenvalue weighted by Crippen LogP contribution is -2.47. The highest BCUT2D eigenvalue weighted by Gasteiger charge is 2.65. The minimum atomic E-state index is -4.91. The largest absolute Gasteiger partial charge is 0.493 e. The number of nitrogens with one attached hydrogen (secondary N) is 2. The second-order valence-corrected chi connectivity index (χ2v) is 8.04. The zero-order chi connectivity index (χ0) is 25.6. The number of rotatable bonds is 5. The van der Waals surface area contributed by atoms with Crippen LogP contribution in [0.2, 0.25) is 0 Å². The first-order valence-corrected chi connectivity index (χ1v) is 9.94. The van der Waals surface area contributed by atoms with Crippen LogP contribution in [0.1, 0.15) is 30.9 Å². The molecule has 0 bridgehead atoms. The number of hydrogen-bond donors (Lipinski definition) is 3. The Morgan fingerprint density at radius 1 is 1.18 bits per heavy atom. The van der Waals surface area contributed by atoms with Gasteiger partial charge in [0.1, 0.15) is 17.8 Å². The molecule has 2 aromatic carbocycles. The normalized spacial score (nSPS) is 24.7. The first kappa shape index (κ1) is 25.3. The van der Waals surface area contributed by atoms with Gasteiger partial charge in [0.15, 0.2) is 17.2 Å². The quantitative estimate of drug-likeness (QED) is 0.328. The lowest BCUT2D eigenvalue weighted by Gasteiger charge is -2.32. The first-order chi connectivity index (χ1) is 15.7. The number of carbonyl (C=O) groups excluding carboxylic acids is 1. The monoisotopic (exact) mass is 489 g/mol. The Morgan fingerprint density at radius 2 is 1.79 bits per heavy atom. The van der Waals surface area contributed by atoms with E-state index in [2.05, 4.69) is 5.32 Å². The van der Waals surface area contributed by atoms with Gasteiger partial charge in [0.25, 0.3) is 5.91 Å². The number of carbonyl (C=O) groups is 1. The van der Waals surface area contributed by atoms with E-state index in [-0.39, 0.29) is 16.8 Å². The summed E-state index contributed by atoms with van der Waals surface area (Å²) < 4.78 is 94.0. The second-order valence-electron chi connectivity index (χ2n) is 8.04. The Balaban J connectivity index is 2.08. The van der Waals surface area contributed by atoms with Gasteiger partial charge >= 0.3 is 6.18 Å². The molecule has 3 rings (SSSR count). The lowest BCUT2D eigenvalue weighted by molar-refractivity contribution is -0.272. The van der Waals surface area contributed by atoms with Gasteiger partial charge in [-0.15, -0.1) is 0 Å². The van der Waals surface area contributed by atoms with Crippen molar-refractivity contribution >= 4 is 17.4 Å². The van der Waals surface area contributed by atoms with Gasteiger partial charge in [-0.25, -0.2) is 8.78 Å². The van der Waals surface area contributed by atoms with Crippen LogP contribution in [0.15, 0.2) is 30.3 Å². The highest BCUT2D eigenvalue weighted by atomic mass is 19.4. The van der Waals surface area contributed by atoms with Crippen molar-refractivity contribution in [3.63, 3.8) is 0 Å². The van der Waals surface area contributed by atoms with E-state index in [4.69, 9.17) is 20.6 Å². The van der Waals surface area contributed by atoms with Crippen LogP contribution in [0.25, 0.3) is 0 Å². The number of methoxy groups -OCH3 is 1. The zero-order valence-electron chi connectivity index (χ0n) is 18.2. The van der Waals surface area contributed by atoms with Gasteiger partial charge in [0.2, 0.25) is 5.82 Å². The van der Waals surface area contributed by atoms with Gasteiger partial charge in [-0.2, -0.15) is 17.6 Å². The molecule has 184 valence electrons. The highest BCUT2D eigenvalue weighted by molar-refractivity contribution is 5.99. The van der Waals surface area contributed by atoms with Crippen molar-refractivity contribution in [2.24, 2.45) is 11.7 Å². The second kappa shape index (κ2) is 8.82. The molecular formula is C22H21F6N3O3. The average Bonchev–Trinajstić information content (AvgIpc) is 3.03. The molecule has 0 radical (unpaired) electrons. The molecule has 34 heavy (non-hydrogen) atoms. The third kappa shape index (κ3) is 4.17. The molecule has 1 aliphatic rings. The predicted molar refractivity (Wildman–Crippen MR) is 110 cm³/mol. The molecule has 1 aliphatic heterocycles. The van der Waals surface area contributed by atoms with Crippen molar-refractivity contribution in [2.45, 2.75) is 37.6 Å². The molecule has 1 amide bonds. The number of nitrogen functional groups attached to an aromatic ring is 1. The SMILES string of the molecule is COc1c([C@H]2[C@H](C(=O)Nc3ccc(F)c(C(=N)N)c3)O[C@@](C)(C(F)(F)F)[C@H]2C)ccc(F)c1F. The molecule has 4 atom stereocenters. The van der Waals surface area contributed by atoms with Crippen molar-refractivity contribution in [2.75, 3.05) is 12.4 Å². The molecule has 0 aliphatic carbocycles. The van der Waals surface area contributed by atoms with Crippen LogP contribution in [-0.2, 0) is 9.53 Å². The third-order valence-corrected chi connectivity index (χ3v) is 6.09. The Morgan fingerprint density at radius 3 is 2.35 bits per heavy atom. The fourth-order valence-corrected chi connectivity index (χ4v) is 4.06. The molecule has 0 spiro atoms. The summed E-state index contributed by atoms with van der Waals surface area (Å²) >= 11 is 0. The van der Waals surface area contributed by atoms with Crippen LogP contribution in [0.5, 0.6) is 5.75 Å². The van der Waals surface area contributed by atoms with E-state index < -0.39 is 64.7 Å².